The first-order valence-electron chi connectivity index (χ1n) is 6.50. The molecule has 0 saturated carbocycles. The molecule has 1 amide bonds. The first-order valence-corrected chi connectivity index (χ1v) is 7.94. The molecule has 1 aromatic heterocycles. The highest BCUT2D eigenvalue weighted by Crippen LogP contribution is 2.28. The maximum atomic E-state index is 12.5. The van der Waals surface area contributed by atoms with Crippen LogP contribution in [0.3, 0.4) is 0 Å². The number of alkyl halides is 3. The molecule has 0 unspecified atom stereocenters. The average Bonchev–Trinajstić information content (AvgIpc) is 2.46. The van der Waals surface area contributed by atoms with E-state index in [-0.39, 0.29) is 24.4 Å². The highest BCUT2D eigenvalue weighted by atomic mass is 32.2. The lowest BCUT2D eigenvalue weighted by Gasteiger charge is -2.33. The number of rotatable bonds is 3. The molecule has 1 N–H and O–H groups in total. The Morgan fingerprint density at radius 2 is 2.09 bits per heavy atom. The number of nitrogens with one attached hydrogen (secondary N) is 1. The van der Waals surface area contributed by atoms with Crippen molar-refractivity contribution >= 4 is 15.9 Å². The van der Waals surface area contributed by atoms with Crippen molar-refractivity contribution in [2.75, 3.05) is 13.1 Å². The summed E-state index contributed by atoms with van der Waals surface area (Å²) in [7, 11) is -4.08. The van der Waals surface area contributed by atoms with E-state index in [9.17, 15) is 26.4 Å². The van der Waals surface area contributed by atoms with Gasteiger partial charge in [-0.05, 0) is 18.6 Å². The zero-order valence-electron chi connectivity index (χ0n) is 11.6. The molecular formula is C12H14F3N3O3S. The second-order valence-electron chi connectivity index (χ2n) is 4.71. The fourth-order valence-corrected chi connectivity index (χ4v) is 3.81. The number of carbonyl (C=O) groups is 1. The summed E-state index contributed by atoms with van der Waals surface area (Å²) in [6, 6.07) is 0.587. The molecule has 6 nitrogen and oxygen atoms in total. The van der Waals surface area contributed by atoms with Crippen LogP contribution in [0.1, 0.15) is 19.0 Å². The molecule has 1 aliphatic heterocycles. The number of carbonyl (C=O) groups excluding carboxylic acids is 1. The number of hydrogen-bond donors (Lipinski definition) is 1. The molecule has 1 saturated heterocycles. The molecule has 0 bridgehead atoms. The Kier molecular flexibility index (Phi) is 4.43. The SMILES string of the molecule is CC[C@@H]1C(=O)NCCN1S(=O)(=O)c1ccc(C(F)(F)F)nc1. The molecule has 0 aliphatic carbocycles. The molecule has 0 radical (unpaired) electrons. The van der Waals surface area contributed by atoms with Crippen LogP contribution in [0.5, 0.6) is 0 Å². The van der Waals surface area contributed by atoms with Crippen molar-refractivity contribution in [2.45, 2.75) is 30.5 Å². The second-order valence-corrected chi connectivity index (χ2v) is 6.60. The summed E-state index contributed by atoms with van der Waals surface area (Å²) < 4.78 is 63.4. The molecule has 10 heteroatoms. The van der Waals surface area contributed by atoms with Crippen molar-refractivity contribution < 1.29 is 26.4 Å². The van der Waals surface area contributed by atoms with E-state index in [0.717, 1.165) is 10.4 Å². The van der Waals surface area contributed by atoms with Crippen molar-refractivity contribution in [2.24, 2.45) is 0 Å². The predicted molar refractivity (Wildman–Crippen MR) is 70.2 cm³/mol. The van der Waals surface area contributed by atoms with E-state index in [1.54, 1.807) is 6.92 Å². The van der Waals surface area contributed by atoms with Gasteiger partial charge in [0, 0.05) is 19.3 Å². The van der Waals surface area contributed by atoms with Crippen molar-refractivity contribution in [3.05, 3.63) is 24.0 Å². The number of halogens is 3. The first kappa shape index (κ1) is 16.7. The lowest BCUT2D eigenvalue weighted by Crippen LogP contribution is -2.56. The van der Waals surface area contributed by atoms with E-state index in [0.29, 0.717) is 12.3 Å². The van der Waals surface area contributed by atoms with Crippen molar-refractivity contribution in [1.82, 2.24) is 14.6 Å². The smallest absolute Gasteiger partial charge is 0.353 e. The maximum Gasteiger partial charge on any atom is 0.433 e. The Morgan fingerprint density at radius 1 is 1.41 bits per heavy atom. The summed E-state index contributed by atoms with van der Waals surface area (Å²) in [5.41, 5.74) is -1.17. The zero-order chi connectivity index (χ0) is 16.5. The third-order valence-electron chi connectivity index (χ3n) is 3.30. The topological polar surface area (TPSA) is 79.4 Å². The van der Waals surface area contributed by atoms with E-state index in [1.807, 2.05) is 0 Å². The number of nitrogens with zero attached hydrogens (tertiary/aromatic N) is 2. The molecule has 1 fully saturated rings. The Labute approximate surface area is 125 Å². The number of pyridine rings is 1. The van der Waals surface area contributed by atoms with Crippen LogP contribution in [0.2, 0.25) is 0 Å². The van der Waals surface area contributed by atoms with E-state index in [2.05, 4.69) is 10.3 Å². The standard InChI is InChI=1S/C12H14F3N3O3S/c1-2-9-11(19)16-5-6-18(9)22(20,21)8-3-4-10(17-7-8)12(13,14)15/h3-4,7,9H,2,5-6H2,1H3,(H,16,19)/t9-/m1/s1. The van der Waals surface area contributed by atoms with Crippen molar-refractivity contribution in [3.8, 4) is 0 Å². The van der Waals surface area contributed by atoms with E-state index in [4.69, 9.17) is 0 Å². The zero-order valence-corrected chi connectivity index (χ0v) is 12.4. The van der Waals surface area contributed by atoms with Crippen LogP contribution in [0.25, 0.3) is 0 Å². The van der Waals surface area contributed by atoms with Gasteiger partial charge in [0.15, 0.2) is 0 Å². The third-order valence-corrected chi connectivity index (χ3v) is 5.19. The minimum atomic E-state index is -4.64. The Bertz CT molecular complexity index is 658. The predicted octanol–water partition coefficient (Wildman–Crippen LogP) is 1.000. The van der Waals surface area contributed by atoms with Crippen LogP contribution < -0.4 is 5.32 Å². The van der Waals surface area contributed by atoms with Gasteiger partial charge < -0.3 is 5.32 Å². The van der Waals surface area contributed by atoms with Gasteiger partial charge >= 0.3 is 6.18 Å². The number of hydrogen-bond acceptors (Lipinski definition) is 4. The number of aromatic nitrogens is 1. The summed E-state index contributed by atoms with van der Waals surface area (Å²) in [5, 5.41) is 2.56. The van der Waals surface area contributed by atoms with Crippen LogP contribution >= 0.6 is 0 Å². The third kappa shape index (κ3) is 3.07. The second kappa shape index (κ2) is 5.84. The first-order chi connectivity index (χ1) is 10.2. The minimum Gasteiger partial charge on any atom is -0.353 e. The molecule has 1 aliphatic rings. The summed E-state index contributed by atoms with van der Waals surface area (Å²) in [6.45, 7) is 1.87. The number of sulfonamides is 1. The lowest BCUT2D eigenvalue weighted by molar-refractivity contribution is -0.141. The maximum absolute atomic E-state index is 12.5. The number of piperazine rings is 1. The van der Waals surface area contributed by atoms with Gasteiger partial charge in [-0.3, -0.25) is 9.78 Å². The summed E-state index contributed by atoms with van der Waals surface area (Å²) in [6.07, 6.45) is -3.71. The van der Waals surface area contributed by atoms with Gasteiger partial charge in [0.25, 0.3) is 0 Å². The van der Waals surface area contributed by atoms with Gasteiger partial charge in [-0.25, -0.2) is 8.42 Å². The molecule has 1 atom stereocenters. The summed E-state index contributed by atoms with van der Waals surface area (Å²) >= 11 is 0. The molecular weight excluding hydrogens is 323 g/mol. The summed E-state index contributed by atoms with van der Waals surface area (Å²) in [5.74, 6) is -0.419. The molecule has 2 heterocycles. The number of amides is 1. The van der Waals surface area contributed by atoms with Crippen molar-refractivity contribution in [1.29, 1.82) is 0 Å². The van der Waals surface area contributed by atoms with E-state index >= 15 is 0 Å². The fraction of sp³-hybridized carbons (Fsp3) is 0.500. The highest BCUT2D eigenvalue weighted by molar-refractivity contribution is 7.89. The van der Waals surface area contributed by atoms with Gasteiger partial charge in [0.05, 0.1) is 0 Å². The van der Waals surface area contributed by atoms with Crippen LogP contribution in [-0.4, -0.2) is 42.7 Å². The monoisotopic (exact) mass is 337 g/mol. The minimum absolute atomic E-state index is 0.0631. The van der Waals surface area contributed by atoms with Crippen LogP contribution in [0, 0.1) is 0 Å². The average molecular weight is 337 g/mol. The van der Waals surface area contributed by atoms with Gasteiger partial charge in [0.2, 0.25) is 15.9 Å². The molecule has 122 valence electrons. The Morgan fingerprint density at radius 3 is 2.59 bits per heavy atom. The van der Waals surface area contributed by atoms with Gasteiger partial charge in [-0.1, -0.05) is 6.92 Å². The molecule has 0 spiro atoms. The lowest BCUT2D eigenvalue weighted by atomic mass is 10.2. The van der Waals surface area contributed by atoms with E-state index in [1.165, 1.54) is 0 Å². The fourth-order valence-electron chi connectivity index (χ4n) is 2.21. The molecule has 1 aromatic rings. The van der Waals surface area contributed by atoms with Gasteiger partial charge in [-0.2, -0.15) is 17.5 Å². The normalized spacial score (nSPS) is 20.7. The highest BCUT2D eigenvalue weighted by Gasteiger charge is 2.38. The Balaban J connectivity index is 2.35. The molecule has 22 heavy (non-hydrogen) atoms. The van der Waals surface area contributed by atoms with Crippen molar-refractivity contribution in [3.63, 3.8) is 0 Å². The summed E-state index contributed by atoms with van der Waals surface area (Å²) in [4.78, 5) is 14.5. The van der Waals surface area contributed by atoms with Crippen LogP contribution in [-0.2, 0) is 21.0 Å². The van der Waals surface area contributed by atoms with E-state index < -0.39 is 33.8 Å². The van der Waals surface area contributed by atoms with Crippen LogP contribution in [0.15, 0.2) is 23.2 Å². The quantitative estimate of drug-likeness (QED) is 0.892. The molecule has 2 rings (SSSR count). The van der Waals surface area contributed by atoms with Crippen LogP contribution in [0.4, 0.5) is 13.2 Å². The molecule has 0 aromatic carbocycles. The van der Waals surface area contributed by atoms with Gasteiger partial charge in [0.1, 0.15) is 16.6 Å². The van der Waals surface area contributed by atoms with Gasteiger partial charge in [-0.15, -0.1) is 0 Å². The Hall–Kier alpha value is -1.68. The largest absolute Gasteiger partial charge is 0.433 e.